The van der Waals surface area contributed by atoms with Crippen LogP contribution in [0.15, 0.2) is 65.5 Å². The molecule has 0 spiro atoms. The fraction of sp³-hybridized carbons (Fsp3) is 0.105. The average molecular weight is 337 g/mol. The molecular weight excluding hydrogens is 321 g/mol. The minimum Gasteiger partial charge on any atom is -0.324 e. The Balaban J connectivity index is 1.83. The van der Waals surface area contributed by atoms with Gasteiger partial charge in [-0.3, -0.25) is 9.59 Å². The van der Waals surface area contributed by atoms with Crippen LogP contribution in [0.2, 0.25) is 0 Å². The highest BCUT2D eigenvalue weighted by atomic mass is 19.1. The van der Waals surface area contributed by atoms with Gasteiger partial charge in [-0.15, -0.1) is 0 Å². The van der Waals surface area contributed by atoms with Gasteiger partial charge in [0.05, 0.1) is 5.69 Å². The largest absolute Gasteiger partial charge is 0.324 e. The third-order valence-electron chi connectivity index (χ3n) is 3.69. The number of aryl methyl sites for hydroxylation is 1. The molecule has 1 heterocycles. The third-order valence-corrected chi connectivity index (χ3v) is 3.69. The van der Waals surface area contributed by atoms with Crippen molar-refractivity contribution in [1.82, 2.24) is 9.78 Å². The van der Waals surface area contributed by atoms with Crippen molar-refractivity contribution in [3.05, 3.63) is 82.4 Å². The summed E-state index contributed by atoms with van der Waals surface area (Å²) in [6.45, 7) is 1.69. The summed E-state index contributed by atoms with van der Waals surface area (Å²) in [4.78, 5) is 24.1. The van der Waals surface area contributed by atoms with E-state index in [4.69, 9.17) is 0 Å². The fourth-order valence-corrected chi connectivity index (χ4v) is 2.47. The molecule has 0 aliphatic heterocycles. The van der Waals surface area contributed by atoms with Crippen molar-refractivity contribution in [1.29, 1.82) is 0 Å². The Labute approximate surface area is 143 Å². The van der Waals surface area contributed by atoms with E-state index >= 15 is 0 Å². The molecule has 0 radical (unpaired) electrons. The van der Waals surface area contributed by atoms with E-state index in [0.29, 0.717) is 11.4 Å². The summed E-state index contributed by atoms with van der Waals surface area (Å²) < 4.78 is 14.3. The summed E-state index contributed by atoms with van der Waals surface area (Å²) in [5.41, 5.74) is 2.46. The molecule has 5 nitrogen and oxygen atoms in total. The Kier molecular flexibility index (Phi) is 4.70. The van der Waals surface area contributed by atoms with Crippen LogP contribution in [-0.2, 0) is 11.3 Å². The molecular formula is C19H16FN3O2. The molecule has 0 aliphatic rings. The predicted molar refractivity (Wildman–Crippen MR) is 93.7 cm³/mol. The van der Waals surface area contributed by atoms with E-state index in [9.17, 15) is 14.0 Å². The first kappa shape index (κ1) is 16.6. The molecule has 3 rings (SSSR count). The highest BCUT2D eigenvalue weighted by Crippen LogP contribution is 2.19. The van der Waals surface area contributed by atoms with Gasteiger partial charge >= 0.3 is 0 Å². The van der Waals surface area contributed by atoms with E-state index in [2.05, 4.69) is 10.4 Å². The van der Waals surface area contributed by atoms with Crippen molar-refractivity contribution in [3.63, 3.8) is 0 Å². The van der Waals surface area contributed by atoms with Gasteiger partial charge in [-0.25, -0.2) is 9.07 Å². The Bertz CT molecular complexity index is 982. The highest BCUT2D eigenvalue weighted by molar-refractivity contribution is 5.90. The van der Waals surface area contributed by atoms with Crippen LogP contribution in [0, 0.1) is 12.7 Å². The van der Waals surface area contributed by atoms with Crippen LogP contribution in [-0.4, -0.2) is 15.7 Å². The average Bonchev–Trinajstić information content (AvgIpc) is 2.57. The molecule has 2 aromatic carbocycles. The summed E-state index contributed by atoms with van der Waals surface area (Å²) in [6, 6.07) is 16.2. The van der Waals surface area contributed by atoms with E-state index in [1.165, 1.54) is 24.3 Å². The molecule has 0 aliphatic carbocycles. The molecule has 0 atom stereocenters. The van der Waals surface area contributed by atoms with Gasteiger partial charge in [-0.05, 0) is 36.8 Å². The fourth-order valence-electron chi connectivity index (χ4n) is 2.47. The lowest BCUT2D eigenvalue weighted by Gasteiger charge is -2.09. The van der Waals surface area contributed by atoms with Crippen molar-refractivity contribution in [2.24, 2.45) is 0 Å². The van der Waals surface area contributed by atoms with E-state index in [1.54, 1.807) is 12.1 Å². The number of nitrogens with one attached hydrogen (secondary N) is 1. The maximum atomic E-state index is 13.2. The first-order valence-electron chi connectivity index (χ1n) is 7.72. The molecule has 6 heteroatoms. The second-order valence-electron chi connectivity index (χ2n) is 5.59. The van der Waals surface area contributed by atoms with Gasteiger partial charge in [0.1, 0.15) is 12.4 Å². The normalized spacial score (nSPS) is 10.5. The highest BCUT2D eigenvalue weighted by Gasteiger charge is 2.10. The minimum atomic E-state index is -0.456. The lowest BCUT2D eigenvalue weighted by atomic mass is 10.1. The molecule has 1 amide bonds. The second-order valence-corrected chi connectivity index (χ2v) is 5.59. The van der Waals surface area contributed by atoms with Gasteiger partial charge in [0, 0.05) is 17.3 Å². The van der Waals surface area contributed by atoms with Crippen molar-refractivity contribution in [3.8, 4) is 11.3 Å². The number of aromatic nitrogens is 2. The van der Waals surface area contributed by atoms with Crippen LogP contribution in [0.25, 0.3) is 11.3 Å². The topological polar surface area (TPSA) is 64.0 Å². The number of hydrogen-bond acceptors (Lipinski definition) is 3. The first-order valence-corrected chi connectivity index (χ1v) is 7.72. The molecule has 126 valence electrons. The number of benzene rings is 2. The van der Waals surface area contributed by atoms with Crippen molar-refractivity contribution < 1.29 is 9.18 Å². The summed E-state index contributed by atoms with van der Waals surface area (Å²) in [6.07, 6.45) is 0. The number of halogens is 1. The zero-order valence-electron chi connectivity index (χ0n) is 13.6. The van der Waals surface area contributed by atoms with Gasteiger partial charge in [0.2, 0.25) is 5.91 Å². The number of carbonyl (C=O) groups is 1. The van der Waals surface area contributed by atoms with E-state index in [-0.39, 0.29) is 12.1 Å². The van der Waals surface area contributed by atoms with Crippen molar-refractivity contribution >= 4 is 11.6 Å². The first-order chi connectivity index (χ1) is 12.0. The van der Waals surface area contributed by atoms with Crippen LogP contribution in [0.1, 0.15) is 5.56 Å². The minimum absolute atomic E-state index is 0.255. The third kappa shape index (κ3) is 3.98. The monoisotopic (exact) mass is 337 g/mol. The maximum Gasteiger partial charge on any atom is 0.267 e. The van der Waals surface area contributed by atoms with Crippen LogP contribution in [0.3, 0.4) is 0 Å². The predicted octanol–water partition coefficient (Wildman–Crippen LogP) is 3.00. The lowest BCUT2D eigenvalue weighted by Crippen LogP contribution is -2.29. The number of anilines is 1. The molecule has 3 aromatic rings. The van der Waals surface area contributed by atoms with Crippen LogP contribution < -0.4 is 10.9 Å². The Morgan fingerprint density at radius 1 is 1.12 bits per heavy atom. The smallest absolute Gasteiger partial charge is 0.267 e. The summed E-state index contributed by atoms with van der Waals surface area (Å²) >= 11 is 0. The number of nitrogens with zero attached hydrogens (tertiary/aromatic N) is 2. The summed E-state index contributed by atoms with van der Waals surface area (Å²) in [7, 11) is 0. The van der Waals surface area contributed by atoms with E-state index in [1.807, 2.05) is 31.2 Å². The number of carbonyl (C=O) groups excluding carboxylic acids is 1. The molecule has 0 bridgehead atoms. The van der Waals surface area contributed by atoms with Crippen LogP contribution in [0.4, 0.5) is 10.1 Å². The van der Waals surface area contributed by atoms with Crippen molar-refractivity contribution in [2.75, 3.05) is 5.32 Å². The number of hydrogen-bond donors (Lipinski definition) is 1. The Hall–Kier alpha value is -3.28. The number of rotatable bonds is 4. The van der Waals surface area contributed by atoms with Crippen LogP contribution >= 0.6 is 0 Å². The van der Waals surface area contributed by atoms with Gasteiger partial charge in [0.25, 0.3) is 5.56 Å². The van der Waals surface area contributed by atoms with Gasteiger partial charge in [-0.1, -0.05) is 30.3 Å². The molecule has 1 aromatic heterocycles. The summed E-state index contributed by atoms with van der Waals surface area (Å²) in [5.74, 6) is -0.906. The van der Waals surface area contributed by atoms with Gasteiger partial charge in [-0.2, -0.15) is 5.10 Å². The van der Waals surface area contributed by atoms with E-state index < -0.39 is 11.7 Å². The molecule has 0 unspecified atom stereocenters. The molecule has 1 N–H and O–H groups in total. The van der Waals surface area contributed by atoms with Crippen molar-refractivity contribution in [2.45, 2.75) is 13.5 Å². The standard InChI is InChI=1S/C19H16FN3O2/c1-13-5-2-3-8-16(13)17-9-10-19(25)23(22-17)12-18(24)21-15-7-4-6-14(20)11-15/h2-11H,12H2,1H3,(H,21,24). The Morgan fingerprint density at radius 3 is 2.68 bits per heavy atom. The summed E-state index contributed by atoms with van der Waals surface area (Å²) in [5, 5.41) is 6.82. The SMILES string of the molecule is Cc1ccccc1-c1ccc(=O)n(CC(=O)Nc2cccc(F)c2)n1. The number of amides is 1. The lowest BCUT2D eigenvalue weighted by molar-refractivity contribution is -0.117. The zero-order chi connectivity index (χ0) is 17.8. The molecule has 25 heavy (non-hydrogen) atoms. The van der Waals surface area contributed by atoms with Crippen LogP contribution in [0.5, 0.6) is 0 Å². The second kappa shape index (κ2) is 7.09. The molecule has 0 fully saturated rings. The molecule has 0 saturated carbocycles. The van der Waals surface area contributed by atoms with E-state index in [0.717, 1.165) is 15.8 Å². The molecule has 0 saturated heterocycles. The maximum absolute atomic E-state index is 13.2. The van der Waals surface area contributed by atoms with Gasteiger partial charge < -0.3 is 5.32 Å². The quantitative estimate of drug-likeness (QED) is 0.796. The zero-order valence-corrected chi connectivity index (χ0v) is 13.6. The Morgan fingerprint density at radius 2 is 1.92 bits per heavy atom. The van der Waals surface area contributed by atoms with Gasteiger partial charge in [0.15, 0.2) is 0 Å².